The predicted molar refractivity (Wildman–Crippen MR) is 83.1 cm³/mol. The molecule has 2 bridgehead atoms. The van der Waals surface area contributed by atoms with Gasteiger partial charge in [-0.3, -0.25) is 14.2 Å². The van der Waals surface area contributed by atoms with Gasteiger partial charge < -0.3 is 10.2 Å². The second-order valence-electron chi connectivity index (χ2n) is 6.50. The topological polar surface area (TPSA) is 138 Å². The quantitative estimate of drug-likeness (QED) is 0.403. The molecule has 3 amide bonds. The number of piperidine rings is 1. The minimum atomic E-state index is -4.80. The number of hydrogen-bond donors (Lipinski definition) is 3. The lowest BCUT2D eigenvalue weighted by Gasteiger charge is -2.29. The highest BCUT2D eigenvalue weighted by atomic mass is 32.3. The molecule has 3 N–H and O–H groups in total. The van der Waals surface area contributed by atoms with Gasteiger partial charge in [0.25, 0.3) is 5.91 Å². The van der Waals surface area contributed by atoms with Crippen LogP contribution in [0.15, 0.2) is 0 Å². The van der Waals surface area contributed by atoms with Crippen LogP contribution in [-0.4, -0.2) is 72.2 Å². The molecule has 4 atom stereocenters. The molecule has 0 aromatic carbocycles. The average Bonchev–Trinajstić information content (AvgIpc) is 3.16. The lowest BCUT2D eigenvalue weighted by Crippen LogP contribution is -2.51. The van der Waals surface area contributed by atoms with Crippen molar-refractivity contribution >= 4 is 22.3 Å². The molecule has 0 aromatic heterocycles. The first-order valence-electron chi connectivity index (χ1n) is 8.22. The number of hydrogen-bond acceptors (Lipinski definition) is 7. The van der Waals surface area contributed by atoms with Gasteiger partial charge in [0.15, 0.2) is 0 Å². The molecule has 0 aromatic rings. The Balaban J connectivity index is 1.56. The molecule has 25 heavy (non-hydrogen) atoms. The summed E-state index contributed by atoms with van der Waals surface area (Å²) in [5.74, 6) is -0.467. The van der Waals surface area contributed by atoms with Crippen LogP contribution in [0, 0.1) is 0 Å². The van der Waals surface area contributed by atoms with Crippen molar-refractivity contribution in [1.82, 2.24) is 20.8 Å². The molecule has 3 rings (SSSR count). The third-order valence-corrected chi connectivity index (χ3v) is 5.16. The van der Waals surface area contributed by atoms with Crippen molar-refractivity contribution < 1.29 is 31.7 Å². The molecular formula is C13H22N4O7S. The molecule has 0 aliphatic carbocycles. The maximum absolute atomic E-state index is 12.4. The smallest absolute Gasteiger partial charge is 0.311 e. The Labute approximate surface area is 145 Å². The Morgan fingerprint density at radius 1 is 1.40 bits per heavy atom. The van der Waals surface area contributed by atoms with Crippen LogP contribution in [0.5, 0.6) is 0 Å². The number of nitrogens with one attached hydrogen (secondary N) is 2. The van der Waals surface area contributed by atoms with Crippen LogP contribution in [0.25, 0.3) is 0 Å². The maximum Gasteiger partial charge on any atom is 0.418 e. The van der Waals surface area contributed by atoms with E-state index in [0.29, 0.717) is 17.9 Å². The molecule has 142 valence electrons. The zero-order valence-corrected chi connectivity index (χ0v) is 14.6. The molecule has 12 heteroatoms. The number of rotatable bonds is 6. The summed E-state index contributed by atoms with van der Waals surface area (Å²) in [6.45, 7) is 2.91. The summed E-state index contributed by atoms with van der Waals surface area (Å²) >= 11 is 0. The number of nitrogens with zero attached hydrogens (tertiary/aromatic N) is 2. The van der Waals surface area contributed by atoms with Crippen LogP contribution in [0.3, 0.4) is 0 Å². The fourth-order valence-electron chi connectivity index (χ4n) is 3.52. The van der Waals surface area contributed by atoms with E-state index in [0.717, 1.165) is 19.4 Å². The van der Waals surface area contributed by atoms with E-state index in [1.807, 2.05) is 6.92 Å². The van der Waals surface area contributed by atoms with E-state index >= 15 is 0 Å². The third kappa shape index (κ3) is 4.03. The van der Waals surface area contributed by atoms with Gasteiger partial charge in [-0.25, -0.2) is 10.3 Å². The van der Waals surface area contributed by atoms with Crippen LogP contribution in [-0.2, 0) is 24.3 Å². The Morgan fingerprint density at radius 2 is 2.16 bits per heavy atom. The summed E-state index contributed by atoms with van der Waals surface area (Å²) in [5, 5.41) is 3.88. The van der Waals surface area contributed by atoms with Crippen molar-refractivity contribution in [2.24, 2.45) is 0 Å². The number of urea groups is 1. The molecule has 0 radical (unpaired) electrons. The van der Waals surface area contributed by atoms with Gasteiger partial charge in [0.1, 0.15) is 6.04 Å². The average molecular weight is 378 g/mol. The first-order chi connectivity index (χ1) is 11.8. The summed E-state index contributed by atoms with van der Waals surface area (Å²) in [4.78, 5) is 31.2. The maximum atomic E-state index is 12.4. The van der Waals surface area contributed by atoms with Crippen molar-refractivity contribution in [3.05, 3.63) is 0 Å². The highest BCUT2D eigenvalue weighted by Gasteiger charge is 2.49. The van der Waals surface area contributed by atoms with Crippen LogP contribution < -0.4 is 10.8 Å². The molecular weight excluding hydrogens is 356 g/mol. The van der Waals surface area contributed by atoms with Gasteiger partial charge in [0, 0.05) is 12.6 Å². The van der Waals surface area contributed by atoms with E-state index in [1.165, 1.54) is 4.90 Å². The first kappa shape index (κ1) is 18.3. The van der Waals surface area contributed by atoms with Gasteiger partial charge in [0.05, 0.1) is 12.1 Å². The van der Waals surface area contributed by atoms with E-state index in [1.54, 1.807) is 0 Å². The summed E-state index contributed by atoms with van der Waals surface area (Å²) in [6, 6.07) is -1.91. The highest BCUT2D eigenvalue weighted by molar-refractivity contribution is 7.80. The number of amides is 3. The van der Waals surface area contributed by atoms with Crippen LogP contribution >= 0.6 is 0 Å². The summed E-state index contributed by atoms with van der Waals surface area (Å²) < 4.78 is 34.8. The van der Waals surface area contributed by atoms with Gasteiger partial charge in [-0.15, -0.1) is 4.28 Å². The van der Waals surface area contributed by atoms with Crippen molar-refractivity contribution in [2.45, 2.75) is 56.8 Å². The summed E-state index contributed by atoms with van der Waals surface area (Å²) in [7, 11) is -4.80. The number of fused-ring (bicyclic) bond motifs is 2. The lowest BCUT2D eigenvalue weighted by atomic mass is 10.0. The van der Waals surface area contributed by atoms with Crippen molar-refractivity contribution in [3.8, 4) is 0 Å². The normalized spacial score (nSPS) is 30.6. The molecule has 0 spiro atoms. The summed E-state index contributed by atoms with van der Waals surface area (Å²) in [6.07, 6.45) is 2.52. The number of carbonyl (C=O) groups is 2. The SMILES string of the molecule is CC(ONC(=O)[C@@H]1CC[C@@H]2CN1C(=O)N2OS(=O)(=O)O)C1CCCN1. The summed E-state index contributed by atoms with van der Waals surface area (Å²) in [5.41, 5.74) is 2.40. The van der Waals surface area contributed by atoms with E-state index < -0.39 is 34.4 Å². The van der Waals surface area contributed by atoms with Crippen molar-refractivity contribution in [1.29, 1.82) is 0 Å². The van der Waals surface area contributed by atoms with E-state index in [-0.39, 0.29) is 18.7 Å². The molecule has 3 aliphatic rings. The fourth-order valence-corrected chi connectivity index (χ4v) is 3.91. The second kappa shape index (κ2) is 7.03. The fraction of sp³-hybridized carbons (Fsp3) is 0.846. The Morgan fingerprint density at radius 3 is 2.80 bits per heavy atom. The Hall–Kier alpha value is -1.47. The molecule has 0 saturated carbocycles. The molecule has 3 aliphatic heterocycles. The van der Waals surface area contributed by atoms with Gasteiger partial charge in [-0.05, 0) is 39.2 Å². The van der Waals surface area contributed by atoms with Gasteiger partial charge in [0.2, 0.25) is 0 Å². The van der Waals surface area contributed by atoms with Gasteiger partial charge >= 0.3 is 16.4 Å². The Kier molecular flexibility index (Phi) is 5.16. The monoisotopic (exact) mass is 378 g/mol. The zero-order valence-electron chi connectivity index (χ0n) is 13.8. The number of hydroxylamine groups is 3. The Bertz CT molecular complexity index is 636. The second-order valence-corrected chi connectivity index (χ2v) is 7.51. The highest BCUT2D eigenvalue weighted by Crippen LogP contribution is 2.30. The standard InChI is InChI=1S/C13H22N4O7S/c1-8(10-3-2-6-14-10)23-15-12(18)11-5-4-9-7-16(11)13(19)17(9)24-25(20,21)22/h8-11,14H,2-7H2,1H3,(H,15,18)(H,20,21,22)/t8?,9-,10?,11+/m1/s1. The largest absolute Gasteiger partial charge is 0.418 e. The third-order valence-electron chi connectivity index (χ3n) is 4.81. The van der Waals surface area contributed by atoms with Crippen LogP contribution in [0.4, 0.5) is 4.79 Å². The molecule has 11 nitrogen and oxygen atoms in total. The minimum Gasteiger partial charge on any atom is -0.311 e. The van der Waals surface area contributed by atoms with Crippen LogP contribution in [0.1, 0.15) is 32.6 Å². The molecule has 2 unspecified atom stereocenters. The predicted octanol–water partition coefficient (Wildman–Crippen LogP) is -0.822. The van der Waals surface area contributed by atoms with Gasteiger partial charge in [-0.1, -0.05) is 0 Å². The minimum absolute atomic E-state index is 0.145. The number of carbonyl (C=O) groups excluding carboxylic acids is 2. The van der Waals surface area contributed by atoms with E-state index in [2.05, 4.69) is 15.1 Å². The van der Waals surface area contributed by atoms with Crippen LogP contribution in [0.2, 0.25) is 0 Å². The first-order valence-corrected chi connectivity index (χ1v) is 9.58. The zero-order chi connectivity index (χ0) is 18.2. The molecule has 3 fully saturated rings. The van der Waals surface area contributed by atoms with E-state index in [9.17, 15) is 18.0 Å². The van der Waals surface area contributed by atoms with Gasteiger partial charge in [-0.2, -0.15) is 13.5 Å². The molecule has 3 heterocycles. The van der Waals surface area contributed by atoms with Crippen molar-refractivity contribution in [3.63, 3.8) is 0 Å². The van der Waals surface area contributed by atoms with E-state index in [4.69, 9.17) is 9.39 Å². The lowest BCUT2D eigenvalue weighted by molar-refractivity contribution is -0.144. The molecule has 3 saturated heterocycles. The van der Waals surface area contributed by atoms with Crippen molar-refractivity contribution in [2.75, 3.05) is 13.1 Å².